The van der Waals surface area contributed by atoms with Gasteiger partial charge in [0.1, 0.15) is 6.10 Å². The van der Waals surface area contributed by atoms with E-state index in [1.165, 1.54) is 12.1 Å². The summed E-state index contributed by atoms with van der Waals surface area (Å²) in [6.45, 7) is 3.46. The van der Waals surface area contributed by atoms with Crippen molar-refractivity contribution in [2.75, 3.05) is 6.61 Å². The highest BCUT2D eigenvalue weighted by Crippen LogP contribution is 2.20. The molecule has 0 amide bonds. The molecule has 5 heteroatoms. The Morgan fingerprint density at radius 3 is 2.67 bits per heavy atom. The van der Waals surface area contributed by atoms with E-state index < -0.39 is 18.2 Å². The molecular formula is C13H15NO4. The summed E-state index contributed by atoms with van der Waals surface area (Å²) < 4.78 is 4.62. The van der Waals surface area contributed by atoms with E-state index in [0.29, 0.717) is 16.7 Å². The van der Waals surface area contributed by atoms with Crippen LogP contribution in [0.25, 0.3) is 0 Å². The van der Waals surface area contributed by atoms with E-state index in [0.717, 1.165) is 0 Å². The van der Waals surface area contributed by atoms with Gasteiger partial charge >= 0.3 is 5.97 Å². The highest BCUT2D eigenvalue weighted by atomic mass is 16.5. The molecule has 1 aromatic rings. The Bertz CT molecular complexity index is 478. The Labute approximate surface area is 105 Å². The summed E-state index contributed by atoms with van der Waals surface area (Å²) >= 11 is 0. The van der Waals surface area contributed by atoms with Crippen LogP contribution in [-0.4, -0.2) is 28.9 Å². The average Bonchev–Trinajstić information content (AvgIpc) is 2.37. The van der Waals surface area contributed by atoms with Crippen molar-refractivity contribution in [2.24, 2.45) is 0 Å². The lowest BCUT2D eigenvalue weighted by molar-refractivity contribution is -0.159. The topological polar surface area (TPSA) is 90.6 Å². The third-order valence-corrected chi connectivity index (χ3v) is 2.54. The minimum Gasteiger partial charge on any atom is -0.464 e. The maximum absolute atomic E-state index is 11.3. The minimum atomic E-state index is -1.63. The number of aryl methyl sites for hydroxylation is 1. The quantitative estimate of drug-likeness (QED) is 0.771. The number of aliphatic hydroxyl groups is 2. The number of hydrogen-bond donors (Lipinski definition) is 2. The molecule has 1 aromatic carbocycles. The summed E-state index contributed by atoms with van der Waals surface area (Å²) in [4.78, 5) is 11.3. The van der Waals surface area contributed by atoms with Gasteiger partial charge in [0, 0.05) is 0 Å². The number of aliphatic hydroxyl groups excluding tert-OH is 2. The first kappa shape index (κ1) is 14.2. The van der Waals surface area contributed by atoms with Crippen molar-refractivity contribution in [1.29, 1.82) is 5.26 Å². The van der Waals surface area contributed by atoms with Crippen LogP contribution < -0.4 is 0 Å². The predicted octanol–water partition coefficient (Wildman–Crippen LogP) is 0.824. The first-order chi connectivity index (χ1) is 8.51. The van der Waals surface area contributed by atoms with Gasteiger partial charge in [-0.25, -0.2) is 4.79 Å². The van der Waals surface area contributed by atoms with Gasteiger partial charge in [0.15, 0.2) is 6.10 Å². The lowest BCUT2D eigenvalue weighted by Gasteiger charge is -2.17. The first-order valence-electron chi connectivity index (χ1n) is 5.54. The van der Waals surface area contributed by atoms with Crippen molar-refractivity contribution in [3.05, 3.63) is 34.9 Å². The minimum absolute atomic E-state index is 0.134. The van der Waals surface area contributed by atoms with Gasteiger partial charge in [0.05, 0.1) is 18.2 Å². The van der Waals surface area contributed by atoms with Gasteiger partial charge in [-0.05, 0) is 31.0 Å². The molecule has 2 atom stereocenters. The second-order valence-electron chi connectivity index (χ2n) is 3.83. The summed E-state index contributed by atoms with van der Waals surface area (Å²) in [5.41, 5.74) is 1.52. The van der Waals surface area contributed by atoms with E-state index in [2.05, 4.69) is 4.74 Å². The highest BCUT2D eigenvalue weighted by molar-refractivity contribution is 5.75. The largest absolute Gasteiger partial charge is 0.464 e. The van der Waals surface area contributed by atoms with Crippen LogP contribution in [0.3, 0.4) is 0 Å². The van der Waals surface area contributed by atoms with E-state index in [1.54, 1.807) is 19.9 Å². The summed E-state index contributed by atoms with van der Waals surface area (Å²) in [6, 6.07) is 6.59. The molecule has 2 unspecified atom stereocenters. The van der Waals surface area contributed by atoms with E-state index in [4.69, 9.17) is 5.26 Å². The molecule has 0 heterocycles. The molecule has 0 aliphatic heterocycles. The highest BCUT2D eigenvalue weighted by Gasteiger charge is 2.27. The second kappa shape index (κ2) is 6.15. The number of hydrogen-bond acceptors (Lipinski definition) is 5. The molecule has 0 fully saturated rings. The zero-order valence-corrected chi connectivity index (χ0v) is 10.3. The van der Waals surface area contributed by atoms with Gasteiger partial charge in [-0.1, -0.05) is 12.1 Å². The van der Waals surface area contributed by atoms with Crippen molar-refractivity contribution in [2.45, 2.75) is 26.1 Å². The average molecular weight is 249 g/mol. The van der Waals surface area contributed by atoms with Crippen molar-refractivity contribution in [1.82, 2.24) is 0 Å². The monoisotopic (exact) mass is 249 g/mol. The van der Waals surface area contributed by atoms with Crippen molar-refractivity contribution < 1.29 is 19.7 Å². The molecule has 18 heavy (non-hydrogen) atoms. The van der Waals surface area contributed by atoms with Crippen LogP contribution in [0.4, 0.5) is 0 Å². The van der Waals surface area contributed by atoms with Gasteiger partial charge in [-0.15, -0.1) is 0 Å². The van der Waals surface area contributed by atoms with Gasteiger partial charge in [-0.3, -0.25) is 0 Å². The van der Waals surface area contributed by atoms with E-state index in [1.807, 2.05) is 6.07 Å². The molecule has 0 bridgehead atoms. The molecule has 1 rings (SSSR count). The summed E-state index contributed by atoms with van der Waals surface area (Å²) in [7, 11) is 0. The van der Waals surface area contributed by atoms with E-state index in [9.17, 15) is 15.0 Å². The van der Waals surface area contributed by atoms with Crippen molar-refractivity contribution in [3.63, 3.8) is 0 Å². The van der Waals surface area contributed by atoms with Crippen LogP contribution in [0.1, 0.15) is 29.7 Å². The lowest BCUT2D eigenvalue weighted by Crippen LogP contribution is -2.29. The third kappa shape index (κ3) is 3.06. The van der Waals surface area contributed by atoms with E-state index in [-0.39, 0.29) is 6.61 Å². The molecule has 96 valence electrons. The van der Waals surface area contributed by atoms with Gasteiger partial charge in [0.2, 0.25) is 0 Å². The fourth-order valence-corrected chi connectivity index (χ4v) is 1.54. The Kier molecular flexibility index (Phi) is 4.84. The molecule has 0 radical (unpaired) electrons. The molecule has 5 nitrogen and oxygen atoms in total. The van der Waals surface area contributed by atoms with Crippen molar-refractivity contribution >= 4 is 5.97 Å². The number of benzene rings is 1. The second-order valence-corrected chi connectivity index (χ2v) is 3.83. The molecule has 0 aliphatic carbocycles. The predicted molar refractivity (Wildman–Crippen MR) is 63.5 cm³/mol. The number of nitrogens with zero attached hydrogens (tertiary/aromatic N) is 1. The maximum Gasteiger partial charge on any atom is 0.338 e. The Morgan fingerprint density at radius 1 is 1.50 bits per heavy atom. The van der Waals surface area contributed by atoms with Crippen LogP contribution in [0, 0.1) is 18.3 Å². The molecule has 0 spiro atoms. The fourth-order valence-electron chi connectivity index (χ4n) is 1.54. The number of rotatable bonds is 4. The summed E-state index contributed by atoms with van der Waals surface area (Å²) in [5.74, 6) is -0.869. The number of ether oxygens (including phenoxy) is 1. The Morgan fingerprint density at radius 2 is 2.17 bits per heavy atom. The van der Waals surface area contributed by atoms with Gasteiger partial charge in [0.25, 0.3) is 0 Å². The van der Waals surface area contributed by atoms with Gasteiger partial charge < -0.3 is 14.9 Å². The zero-order chi connectivity index (χ0) is 13.7. The fraction of sp³-hybridized carbons (Fsp3) is 0.385. The summed E-state index contributed by atoms with van der Waals surface area (Å²) in [5, 5.41) is 28.2. The van der Waals surface area contributed by atoms with Crippen LogP contribution in [0.2, 0.25) is 0 Å². The number of nitriles is 1. The lowest BCUT2D eigenvalue weighted by atomic mass is 9.99. The smallest absolute Gasteiger partial charge is 0.338 e. The Balaban J connectivity index is 2.91. The number of esters is 1. The molecule has 2 N–H and O–H groups in total. The molecule has 0 aliphatic rings. The SMILES string of the molecule is CCOC(=O)C(O)C(O)c1ccc(C#N)c(C)c1. The zero-order valence-electron chi connectivity index (χ0n) is 10.3. The van der Waals surface area contributed by atoms with Crippen LogP contribution in [0.15, 0.2) is 18.2 Å². The number of carbonyl (C=O) groups is 1. The summed E-state index contributed by atoms with van der Waals surface area (Å²) in [6.07, 6.45) is -2.99. The normalized spacial score (nSPS) is 13.5. The third-order valence-electron chi connectivity index (χ3n) is 2.54. The van der Waals surface area contributed by atoms with E-state index >= 15 is 0 Å². The standard InChI is InChI=1S/C13H15NO4/c1-3-18-13(17)12(16)11(15)9-4-5-10(7-14)8(2)6-9/h4-6,11-12,15-16H,3H2,1-2H3. The maximum atomic E-state index is 11.3. The van der Waals surface area contributed by atoms with Crippen LogP contribution in [-0.2, 0) is 9.53 Å². The van der Waals surface area contributed by atoms with Crippen LogP contribution >= 0.6 is 0 Å². The molecule has 0 aromatic heterocycles. The number of carbonyl (C=O) groups excluding carboxylic acids is 1. The van der Waals surface area contributed by atoms with Gasteiger partial charge in [-0.2, -0.15) is 5.26 Å². The molecule has 0 saturated heterocycles. The molecule has 0 saturated carbocycles. The van der Waals surface area contributed by atoms with Crippen LogP contribution in [0.5, 0.6) is 0 Å². The first-order valence-corrected chi connectivity index (χ1v) is 5.54. The molecular weight excluding hydrogens is 234 g/mol. The van der Waals surface area contributed by atoms with Crippen molar-refractivity contribution in [3.8, 4) is 6.07 Å². The Hall–Kier alpha value is -1.90.